The fourth-order valence-electron chi connectivity index (χ4n) is 2.32. The molecule has 2 nitrogen and oxygen atoms in total. The SMILES string of the molecule is C=C(NCC(CCC)CCC)/C(C)=C/SC(=C)/C(C=NC)=C/C. The van der Waals surface area contributed by atoms with Crippen molar-refractivity contribution in [2.45, 2.75) is 53.4 Å². The molecule has 0 aromatic heterocycles. The third-order valence-corrected chi connectivity index (χ3v) is 4.74. The predicted octanol–water partition coefficient (Wildman–Crippen LogP) is 6.10. The summed E-state index contributed by atoms with van der Waals surface area (Å²) in [6, 6.07) is 0. The lowest BCUT2D eigenvalue weighted by atomic mass is 9.98. The zero-order valence-electron chi connectivity index (χ0n) is 15.6. The summed E-state index contributed by atoms with van der Waals surface area (Å²) in [6.45, 7) is 17.9. The summed E-state index contributed by atoms with van der Waals surface area (Å²) >= 11 is 1.62. The molecule has 0 aliphatic rings. The van der Waals surface area contributed by atoms with Gasteiger partial charge in [0.15, 0.2) is 0 Å². The summed E-state index contributed by atoms with van der Waals surface area (Å²) in [5.74, 6) is 0.743. The van der Waals surface area contributed by atoms with E-state index in [4.69, 9.17) is 0 Å². The maximum absolute atomic E-state index is 4.16. The lowest BCUT2D eigenvalue weighted by molar-refractivity contribution is 0.426. The van der Waals surface area contributed by atoms with Crippen LogP contribution in [0, 0.1) is 5.92 Å². The Bertz CT molecular complexity index is 452. The molecule has 0 rings (SSSR count). The highest BCUT2D eigenvalue weighted by molar-refractivity contribution is 8.06. The van der Waals surface area contributed by atoms with Crippen LogP contribution in [0.15, 0.2) is 51.4 Å². The Labute approximate surface area is 147 Å². The van der Waals surface area contributed by atoms with Gasteiger partial charge < -0.3 is 5.32 Å². The first-order valence-corrected chi connectivity index (χ1v) is 9.42. The second-order valence-electron chi connectivity index (χ2n) is 5.78. The smallest absolute Gasteiger partial charge is 0.0302 e. The molecule has 0 heterocycles. The fraction of sp³-hybridized carbons (Fsp3) is 0.550. The Kier molecular flexibility index (Phi) is 12.5. The highest BCUT2D eigenvalue weighted by atomic mass is 32.2. The van der Waals surface area contributed by atoms with Gasteiger partial charge >= 0.3 is 0 Å². The van der Waals surface area contributed by atoms with Gasteiger partial charge in [0.2, 0.25) is 0 Å². The van der Waals surface area contributed by atoms with Crippen LogP contribution in [0.5, 0.6) is 0 Å². The Balaban J connectivity index is 4.50. The van der Waals surface area contributed by atoms with Crippen LogP contribution in [0.4, 0.5) is 0 Å². The van der Waals surface area contributed by atoms with E-state index in [1.165, 1.54) is 25.7 Å². The van der Waals surface area contributed by atoms with Crippen molar-refractivity contribution in [2.75, 3.05) is 13.6 Å². The number of nitrogens with zero attached hydrogens (tertiary/aromatic N) is 1. The Morgan fingerprint density at radius 1 is 1.22 bits per heavy atom. The minimum Gasteiger partial charge on any atom is -0.385 e. The minimum absolute atomic E-state index is 0.743. The summed E-state index contributed by atoms with van der Waals surface area (Å²) in [5.41, 5.74) is 3.23. The van der Waals surface area contributed by atoms with Gasteiger partial charge in [-0.2, -0.15) is 0 Å². The van der Waals surface area contributed by atoms with Gasteiger partial charge in [-0.1, -0.05) is 57.7 Å². The van der Waals surface area contributed by atoms with Gasteiger partial charge in [-0.05, 0) is 43.6 Å². The fourth-order valence-corrected chi connectivity index (χ4v) is 3.09. The average molecular weight is 335 g/mol. The maximum Gasteiger partial charge on any atom is 0.0302 e. The van der Waals surface area contributed by atoms with Gasteiger partial charge in [-0.25, -0.2) is 0 Å². The Morgan fingerprint density at radius 3 is 2.30 bits per heavy atom. The highest BCUT2D eigenvalue weighted by Gasteiger charge is 2.07. The molecule has 0 radical (unpaired) electrons. The van der Waals surface area contributed by atoms with Crippen LogP contribution in [0.2, 0.25) is 0 Å². The van der Waals surface area contributed by atoms with E-state index >= 15 is 0 Å². The quantitative estimate of drug-likeness (QED) is 0.344. The van der Waals surface area contributed by atoms with Gasteiger partial charge in [-0.3, -0.25) is 4.99 Å². The lowest BCUT2D eigenvalue weighted by Crippen LogP contribution is -2.22. The van der Waals surface area contributed by atoms with Crippen LogP contribution in [-0.4, -0.2) is 19.8 Å². The first kappa shape index (κ1) is 21.8. The summed E-state index contributed by atoms with van der Waals surface area (Å²) in [4.78, 5) is 5.06. The molecule has 0 aliphatic carbocycles. The van der Waals surface area contributed by atoms with E-state index in [0.29, 0.717) is 0 Å². The van der Waals surface area contributed by atoms with Crippen molar-refractivity contribution in [1.82, 2.24) is 5.32 Å². The van der Waals surface area contributed by atoms with Crippen LogP contribution >= 0.6 is 11.8 Å². The molecule has 1 N–H and O–H groups in total. The second-order valence-corrected chi connectivity index (χ2v) is 6.74. The van der Waals surface area contributed by atoms with Crippen LogP contribution in [0.3, 0.4) is 0 Å². The number of rotatable bonds is 12. The van der Waals surface area contributed by atoms with E-state index in [1.54, 1.807) is 18.8 Å². The topological polar surface area (TPSA) is 24.4 Å². The van der Waals surface area contributed by atoms with Crippen LogP contribution in [-0.2, 0) is 0 Å². The molecule has 0 saturated heterocycles. The molecule has 0 spiro atoms. The third kappa shape index (κ3) is 9.50. The Morgan fingerprint density at radius 2 is 1.83 bits per heavy atom. The molecule has 0 aromatic carbocycles. The Hall–Kier alpha value is -1.22. The van der Waals surface area contributed by atoms with Crippen molar-refractivity contribution < 1.29 is 0 Å². The molecule has 0 bridgehead atoms. The van der Waals surface area contributed by atoms with E-state index < -0.39 is 0 Å². The van der Waals surface area contributed by atoms with Crippen molar-refractivity contribution in [1.29, 1.82) is 0 Å². The first-order valence-electron chi connectivity index (χ1n) is 8.54. The highest BCUT2D eigenvalue weighted by Crippen LogP contribution is 2.25. The van der Waals surface area contributed by atoms with Gasteiger partial charge in [0.25, 0.3) is 0 Å². The van der Waals surface area contributed by atoms with Gasteiger partial charge in [0, 0.05) is 36.0 Å². The number of thioether (sulfide) groups is 1. The molecule has 130 valence electrons. The molecule has 0 atom stereocenters. The second kappa shape index (κ2) is 13.2. The molecule has 0 amide bonds. The number of nitrogens with one attached hydrogen (secondary N) is 1. The van der Waals surface area contributed by atoms with E-state index in [1.807, 2.05) is 19.2 Å². The number of hydrogen-bond donors (Lipinski definition) is 1. The van der Waals surface area contributed by atoms with Gasteiger partial charge in [-0.15, -0.1) is 0 Å². The van der Waals surface area contributed by atoms with Crippen LogP contribution in [0.1, 0.15) is 53.4 Å². The number of hydrogen-bond acceptors (Lipinski definition) is 3. The van der Waals surface area contributed by atoms with E-state index in [2.05, 4.69) is 49.6 Å². The van der Waals surface area contributed by atoms with E-state index in [0.717, 1.165) is 34.2 Å². The molecule has 0 fully saturated rings. The summed E-state index contributed by atoms with van der Waals surface area (Å²) in [6.07, 6.45) is 8.92. The number of aliphatic imine (C=N–C) groups is 1. The molecule has 0 aromatic rings. The lowest BCUT2D eigenvalue weighted by Gasteiger charge is -2.18. The molecule has 0 saturated carbocycles. The summed E-state index contributed by atoms with van der Waals surface area (Å²) < 4.78 is 0. The third-order valence-electron chi connectivity index (χ3n) is 3.75. The molecule has 0 unspecified atom stereocenters. The molecule has 3 heteroatoms. The predicted molar refractivity (Wildman–Crippen MR) is 109 cm³/mol. The van der Waals surface area contributed by atoms with Crippen molar-refractivity contribution in [3.05, 3.63) is 46.4 Å². The maximum atomic E-state index is 4.16. The summed E-state index contributed by atoms with van der Waals surface area (Å²) in [7, 11) is 1.78. The van der Waals surface area contributed by atoms with Crippen molar-refractivity contribution in [3.63, 3.8) is 0 Å². The van der Waals surface area contributed by atoms with Crippen molar-refractivity contribution in [2.24, 2.45) is 10.9 Å². The normalized spacial score (nSPS) is 13.0. The average Bonchev–Trinajstić information content (AvgIpc) is 2.55. The van der Waals surface area contributed by atoms with Crippen LogP contribution < -0.4 is 5.32 Å². The minimum atomic E-state index is 0.743. The number of allylic oxidation sites excluding steroid dienone is 3. The van der Waals surface area contributed by atoms with Crippen LogP contribution in [0.25, 0.3) is 0 Å². The van der Waals surface area contributed by atoms with Gasteiger partial charge in [0.05, 0.1) is 0 Å². The van der Waals surface area contributed by atoms with Gasteiger partial charge in [0.1, 0.15) is 0 Å². The molecular weight excluding hydrogens is 300 g/mol. The molecular formula is C20H34N2S. The monoisotopic (exact) mass is 334 g/mol. The zero-order valence-corrected chi connectivity index (χ0v) is 16.4. The largest absolute Gasteiger partial charge is 0.385 e. The van der Waals surface area contributed by atoms with E-state index in [9.17, 15) is 0 Å². The summed E-state index contributed by atoms with van der Waals surface area (Å²) in [5, 5.41) is 5.61. The van der Waals surface area contributed by atoms with E-state index in [-0.39, 0.29) is 0 Å². The molecule has 23 heavy (non-hydrogen) atoms. The zero-order chi connectivity index (χ0) is 17.7. The van der Waals surface area contributed by atoms with Crippen molar-refractivity contribution >= 4 is 18.0 Å². The van der Waals surface area contributed by atoms with Crippen molar-refractivity contribution in [3.8, 4) is 0 Å². The standard InChI is InChI=1S/C20H34N2S/c1-8-11-19(12-9-2)13-22-17(5)16(4)15-23-18(6)20(10-3)14-21-7/h10,14-15,19,22H,5-6,8-9,11-13H2,1-4,7H3/b16-15+,20-10+,21-14?. The first-order chi connectivity index (χ1) is 11.0. The molecule has 0 aliphatic heterocycles.